The van der Waals surface area contributed by atoms with Crippen LogP contribution in [0.1, 0.15) is 16.7 Å². The summed E-state index contributed by atoms with van der Waals surface area (Å²) >= 11 is 0. The number of hydrogen-bond acceptors (Lipinski definition) is 4. The lowest BCUT2D eigenvalue weighted by molar-refractivity contribution is 0.174. The zero-order chi connectivity index (χ0) is 15.5. The molecule has 0 aromatic heterocycles. The molecule has 0 bridgehead atoms. The largest absolute Gasteiger partial charge is 0.496 e. The molecule has 1 aliphatic heterocycles. The van der Waals surface area contributed by atoms with Gasteiger partial charge in [0.25, 0.3) is 0 Å². The van der Waals surface area contributed by atoms with Crippen molar-refractivity contribution in [1.29, 1.82) is 5.26 Å². The molecule has 0 radical (unpaired) electrons. The highest BCUT2D eigenvalue weighted by Crippen LogP contribution is 2.39. The fourth-order valence-electron chi connectivity index (χ4n) is 2.30. The first-order valence-corrected chi connectivity index (χ1v) is 6.87. The average molecular weight is 293 g/mol. The van der Waals surface area contributed by atoms with Crippen molar-refractivity contribution in [2.24, 2.45) is 0 Å². The van der Waals surface area contributed by atoms with E-state index in [1.54, 1.807) is 19.3 Å². The molecule has 110 valence electrons. The predicted molar refractivity (Wildman–Crippen MR) is 83.8 cm³/mol. The Morgan fingerprint density at radius 2 is 1.86 bits per heavy atom. The van der Waals surface area contributed by atoms with Gasteiger partial charge in [-0.1, -0.05) is 29.8 Å². The van der Waals surface area contributed by atoms with Crippen molar-refractivity contribution >= 4 is 11.6 Å². The Bertz CT molecular complexity index is 770. The van der Waals surface area contributed by atoms with Crippen molar-refractivity contribution < 1.29 is 14.2 Å². The fraction of sp³-hybridized carbons (Fsp3) is 0.167. The number of rotatable bonds is 3. The highest BCUT2D eigenvalue weighted by molar-refractivity contribution is 5.91. The van der Waals surface area contributed by atoms with Crippen molar-refractivity contribution in [3.05, 3.63) is 53.1 Å². The molecule has 1 heterocycles. The van der Waals surface area contributed by atoms with E-state index >= 15 is 0 Å². The topological polar surface area (TPSA) is 51.5 Å². The van der Waals surface area contributed by atoms with Crippen molar-refractivity contribution in [2.75, 3.05) is 13.9 Å². The van der Waals surface area contributed by atoms with E-state index in [9.17, 15) is 5.26 Å². The maximum Gasteiger partial charge on any atom is 0.231 e. The molecule has 0 spiro atoms. The number of benzene rings is 2. The highest BCUT2D eigenvalue weighted by atomic mass is 16.7. The lowest BCUT2D eigenvalue weighted by atomic mass is 10.0. The Kier molecular flexibility index (Phi) is 3.71. The average Bonchev–Trinajstić information content (AvgIpc) is 2.99. The third-order valence-electron chi connectivity index (χ3n) is 3.51. The minimum Gasteiger partial charge on any atom is -0.496 e. The van der Waals surface area contributed by atoms with Crippen molar-refractivity contribution in [3.8, 4) is 23.3 Å². The summed E-state index contributed by atoms with van der Waals surface area (Å²) in [5.74, 6) is 1.96. The van der Waals surface area contributed by atoms with Crippen molar-refractivity contribution in [2.45, 2.75) is 6.92 Å². The van der Waals surface area contributed by atoms with Gasteiger partial charge < -0.3 is 14.2 Å². The van der Waals surface area contributed by atoms with E-state index in [2.05, 4.69) is 6.07 Å². The molecule has 1 aliphatic rings. The SMILES string of the molecule is COc1cc2c(cc1/C=C(\C#N)c1ccc(C)cc1)OCO2. The Hall–Kier alpha value is -2.93. The number of nitrogens with zero attached hydrogens (tertiary/aromatic N) is 1. The van der Waals surface area contributed by atoms with Crippen LogP contribution < -0.4 is 14.2 Å². The molecule has 0 aliphatic carbocycles. The van der Waals surface area contributed by atoms with E-state index in [1.165, 1.54) is 0 Å². The van der Waals surface area contributed by atoms with Gasteiger partial charge >= 0.3 is 0 Å². The maximum atomic E-state index is 9.45. The Morgan fingerprint density at radius 3 is 2.50 bits per heavy atom. The summed E-state index contributed by atoms with van der Waals surface area (Å²) < 4.78 is 16.1. The van der Waals surface area contributed by atoms with Crippen LogP contribution in [0, 0.1) is 18.3 Å². The van der Waals surface area contributed by atoms with E-state index in [0.29, 0.717) is 22.8 Å². The molecule has 0 N–H and O–H groups in total. The van der Waals surface area contributed by atoms with Crippen LogP contribution in [0.2, 0.25) is 0 Å². The van der Waals surface area contributed by atoms with E-state index in [0.717, 1.165) is 16.7 Å². The summed E-state index contributed by atoms with van der Waals surface area (Å²) in [4.78, 5) is 0. The van der Waals surface area contributed by atoms with E-state index in [1.807, 2.05) is 37.3 Å². The Balaban J connectivity index is 2.06. The molecule has 0 amide bonds. The minimum absolute atomic E-state index is 0.203. The summed E-state index contributed by atoms with van der Waals surface area (Å²) in [7, 11) is 1.59. The van der Waals surface area contributed by atoms with Gasteiger partial charge in [0.1, 0.15) is 5.75 Å². The molecule has 4 heteroatoms. The smallest absolute Gasteiger partial charge is 0.231 e. The van der Waals surface area contributed by atoms with Crippen molar-refractivity contribution in [3.63, 3.8) is 0 Å². The van der Waals surface area contributed by atoms with Crippen LogP contribution >= 0.6 is 0 Å². The number of methoxy groups -OCH3 is 1. The van der Waals surface area contributed by atoms with Crippen LogP contribution in [0.4, 0.5) is 0 Å². The zero-order valence-corrected chi connectivity index (χ0v) is 12.4. The second-order valence-corrected chi connectivity index (χ2v) is 4.98. The third kappa shape index (κ3) is 2.61. The third-order valence-corrected chi connectivity index (χ3v) is 3.51. The predicted octanol–water partition coefficient (Wildman–Crippen LogP) is 3.80. The lowest BCUT2D eigenvalue weighted by Gasteiger charge is -2.08. The monoisotopic (exact) mass is 293 g/mol. The molecule has 0 fully saturated rings. The van der Waals surface area contributed by atoms with Gasteiger partial charge in [-0.25, -0.2) is 0 Å². The van der Waals surface area contributed by atoms with Crippen LogP contribution in [0.3, 0.4) is 0 Å². The van der Waals surface area contributed by atoms with Gasteiger partial charge in [-0.2, -0.15) is 5.26 Å². The minimum atomic E-state index is 0.203. The quantitative estimate of drug-likeness (QED) is 0.638. The molecule has 22 heavy (non-hydrogen) atoms. The molecular weight excluding hydrogens is 278 g/mol. The maximum absolute atomic E-state index is 9.45. The fourth-order valence-corrected chi connectivity index (χ4v) is 2.30. The standard InChI is InChI=1S/C18H15NO3/c1-12-3-5-13(6-4-12)15(10-19)7-14-8-17-18(22-11-21-17)9-16(14)20-2/h3-9H,11H2,1-2H3/b15-7+. The molecule has 0 unspecified atom stereocenters. The Labute approximate surface area is 129 Å². The first-order valence-electron chi connectivity index (χ1n) is 6.87. The number of fused-ring (bicyclic) bond motifs is 1. The summed E-state index contributed by atoms with van der Waals surface area (Å²) in [6.45, 7) is 2.22. The van der Waals surface area contributed by atoms with Crippen LogP contribution in [0.25, 0.3) is 11.6 Å². The molecular formula is C18H15NO3. The number of allylic oxidation sites excluding steroid dienone is 1. The lowest BCUT2D eigenvalue weighted by Crippen LogP contribution is -1.92. The number of hydrogen-bond donors (Lipinski definition) is 0. The normalized spacial score (nSPS) is 12.9. The van der Waals surface area contributed by atoms with Crippen LogP contribution in [0.5, 0.6) is 17.2 Å². The van der Waals surface area contributed by atoms with Gasteiger partial charge in [0, 0.05) is 11.6 Å². The van der Waals surface area contributed by atoms with E-state index in [-0.39, 0.29) is 6.79 Å². The summed E-state index contributed by atoms with van der Waals surface area (Å²) in [5, 5.41) is 9.45. The highest BCUT2D eigenvalue weighted by Gasteiger charge is 2.17. The summed E-state index contributed by atoms with van der Waals surface area (Å²) in [5.41, 5.74) is 3.37. The molecule has 2 aromatic rings. The van der Waals surface area contributed by atoms with Gasteiger partial charge in [0.2, 0.25) is 6.79 Å². The number of ether oxygens (including phenoxy) is 3. The second-order valence-electron chi connectivity index (χ2n) is 4.98. The molecule has 0 saturated heterocycles. The van der Waals surface area contributed by atoms with Gasteiger partial charge in [-0.05, 0) is 24.6 Å². The zero-order valence-electron chi connectivity index (χ0n) is 12.4. The molecule has 2 aromatic carbocycles. The number of nitriles is 1. The second kappa shape index (κ2) is 5.82. The van der Waals surface area contributed by atoms with Gasteiger partial charge in [-0.15, -0.1) is 0 Å². The van der Waals surface area contributed by atoms with E-state index < -0.39 is 0 Å². The first kappa shape index (κ1) is 14.0. The van der Waals surface area contributed by atoms with E-state index in [4.69, 9.17) is 14.2 Å². The molecule has 4 nitrogen and oxygen atoms in total. The van der Waals surface area contributed by atoms with Gasteiger partial charge in [0.15, 0.2) is 11.5 Å². The van der Waals surface area contributed by atoms with Crippen LogP contribution in [-0.2, 0) is 0 Å². The van der Waals surface area contributed by atoms with Gasteiger partial charge in [-0.3, -0.25) is 0 Å². The van der Waals surface area contributed by atoms with Crippen molar-refractivity contribution in [1.82, 2.24) is 0 Å². The summed E-state index contributed by atoms with van der Waals surface area (Å²) in [6.07, 6.45) is 1.80. The molecule has 0 saturated carbocycles. The summed E-state index contributed by atoms with van der Waals surface area (Å²) in [6, 6.07) is 13.7. The van der Waals surface area contributed by atoms with Gasteiger partial charge in [0.05, 0.1) is 18.8 Å². The molecule has 3 rings (SSSR count). The van der Waals surface area contributed by atoms with Crippen LogP contribution in [-0.4, -0.2) is 13.9 Å². The molecule has 0 atom stereocenters. The Morgan fingerprint density at radius 1 is 1.18 bits per heavy atom. The number of aryl methyl sites for hydroxylation is 1. The van der Waals surface area contributed by atoms with Crippen LogP contribution in [0.15, 0.2) is 36.4 Å². The first-order chi connectivity index (χ1) is 10.7.